The summed E-state index contributed by atoms with van der Waals surface area (Å²) in [6.07, 6.45) is -4.42. The van der Waals surface area contributed by atoms with E-state index in [9.17, 15) is 18.0 Å². The van der Waals surface area contributed by atoms with Crippen molar-refractivity contribution in [1.29, 1.82) is 0 Å². The van der Waals surface area contributed by atoms with Gasteiger partial charge in [0.2, 0.25) is 0 Å². The van der Waals surface area contributed by atoms with Gasteiger partial charge < -0.3 is 9.80 Å². The molecule has 3 aromatic rings. The minimum atomic E-state index is -4.42. The molecule has 0 saturated carbocycles. The molecule has 0 unspecified atom stereocenters. The van der Waals surface area contributed by atoms with Crippen LogP contribution in [0.25, 0.3) is 16.6 Å². The van der Waals surface area contributed by atoms with E-state index in [2.05, 4.69) is 14.8 Å². The van der Waals surface area contributed by atoms with Crippen molar-refractivity contribution in [3.05, 3.63) is 64.2 Å². The number of aryl methyl sites for hydroxylation is 1. The van der Waals surface area contributed by atoms with Crippen LogP contribution in [0.4, 0.5) is 18.9 Å². The summed E-state index contributed by atoms with van der Waals surface area (Å²) >= 11 is 0. The highest BCUT2D eigenvalue weighted by molar-refractivity contribution is 5.82. The van der Waals surface area contributed by atoms with E-state index in [1.165, 1.54) is 16.7 Å². The molecule has 154 valence electrons. The average molecular weight is 404 g/mol. The molecule has 8 heteroatoms. The molecule has 3 rings (SSSR count). The molecule has 29 heavy (non-hydrogen) atoms. The molecule has 1 aromatic heterocycles. The lowest BCUT2D eigenvalue weighted by molar-refractivity contribution is -0.137. The summed E-state index contributed by atoms with van der Waals surface area (Å²) in [5.41, 5.74) is 0.783. The Hall–Kier alpha value is -2.87. The van der Waals surface area contributed by atoms with Gasteiger partial charge in [-0.1, -0.05) is 0 Å². The van der Waals surface area contributed by atoms with Crippen molar-refractivity contribution in [3.8, 4) is 5.69 Å². The van der Waals surface area contributed by atoms with Crippen molar-refractivity contribution in [2.75, 3.05) is 39.1 Å². The van der Waals surface area contributed by atoms with E-state index < -0.39 is 11.7 Å². The number of nitrogens with zero attached hydrogens (tertiary/aromatic N) is 4. The Morgan fingerprint density at radius 3 is 2.24 bits per heavy atom. The van der Waals surface area contributed by atoms with E-state index in [4.69, 9.17) is 0 Å². The second-order valence-electron chi connectivity index (χ2n) is 7.27. The average Bonchev–Trinajstić information content (AvgIpc) is 2.65. The molecule has 0 bridgehead atoms. The molecular weight excluding hydrogens is 381 g/mol. The van der Waals surface area contributed by atoms with Crippen LogP contribution < -0.4 is 10.5 Å². The van der Waals surface area contributed by atoms with E-state index in [-0.39, 0.29) is 5.56 Å². The number of likely N-dealkylation sites (N-methyl/N-ethyl adjacent to an activating group) is 2. The van der Waals surface area contributed by atoms with Crippen LogP contribution in [0.5, 0.6) is 0 Å². The standard InChI is InChI=1S/C21H23F3N4O/c1-14-25-19-13-17(27(4)12-11-26(2)3)9-10-18(19)20(29)28(14)16-7-5-15(6-8-16)21(22,23)24/h5-10,13H,11-12H2,1-4H3. The van der Waals surface area contributed by atoms with Crippen LogP contribution in [-0.4, -0.2) is 48.7 Å². The number of halogens is 3. The Balaban J connectivity index is 2.01. The molecule has 5 nitrogen and oxygen atoms in total. The molecule has 0 aliphatic rings. The molecule has 1 heterocycles. The van der Waals surface area contributed by atoms with Gasteiger partial charge in [0.25, 0.3) is 5.56 Å². The fourth-order valence-electron chi connectivity index (χ4n) is 3.11. The molecule has 0 radical (unpaired) electrons. The highest BCUT2D eigenvalue weighted by Gasteiger charge is 2.30. The lowest BCUT2D eigenvalue weighted by Gasteiger charge is -2.22. The van der Waals surface area contributed by atoms with Crippen molar-refractivity contribution < 1.29 is 13.2 Å². The number of hydrogen-bond donors (Lipinski definition) is 0. The summed E-state index contributed by atoms with van der Waals surface area (Å²) in [5, 5.41) is 0.417. The van der Waals surface area contributed by atoms with E-state index in [0.717, 1.165) is 30.9 Å². The van der Waals surface area contributed by atoms with E-state index in [0.29, 0.717) is 22.4 Å². The van der Waals surface area contributed by atoms with Gasteiger partial charge >= 0.3 is 6.18 Å². The summed E-state index contributed by atoms with van der Waals surface area (Å²) in [6.45, 7) is 3.37. The topological polar surface area (TPSA) is 41.4 Å². The van der Waals surface area contributed by atoms with Gasteiger partial charge in [0.1, 0.15) is 5.82 Å². The van der Waals surface area contributed by atoms with Crippen molar-refractivity contribution in [1.82, 2.24) is 14.5 Å². The van der Waals surface area contributed by atoms with Crippen LogP contribution in [0.15, 0.2) is 47.3 Å². The summed E-state index contributed by atoms with van der Waals surface area (Å²) in [4.78, 5) is 21.7. The molecule has 0 amide bonds. The second kappa shape index (κ2) is 7.87. The molecule has 0 atom stereocenters. The molecule has 0 saturated heterocycles. The predicted octanol–water partition coefficient (Wildman–Crippen LogP) is 3.71. The number of aromatic nitrogens is 2. The molecule has 0 spiro atoms. The van der Waals surface area contributed by atoms with Gasteiger partial charge in [-0.2, -0.15) is 13.2 Å². The van der Waals surface area contributed by atoms with Gasteiger partial charge in [-0.3, -0.25) is 9.36 Å². The van der Waals surface area contributed by atoms with E-state index >= 15 is 0 Å². The molecule has 0 aliphatic heterocycles. The summed E-state index contributed by atoms with van der Waals surface area (Å²) < 4.78 is 39.7. The Kier molecular flexibility index (Phi) is 5.66. The Bertz CT molecular complexity index is 1070. The molecule has 0 N–H and O–H groups in total. The molecule has 2 aromatic carbocycles. The zero-order valence-electron chi connectivity index (χ0n) is 16.8. The Labute approximate surface area is 167 Å². The third-order valence-electron chi connectivity index (χ3n) is 4.80. The largest absolute Gasteiger partial charge is 0.416 e. The minimum Gasteiger partial charge on any atom is -0.373 e. The van der Waals surface area contributed by atoms with Crippen molar-refractivity contribution in [2.24, 2.45) is 0 Å². The normalized spacial score (nSPS) is 12.0. The van der Waals surface area contributed by atoms with Crippen LogP contribution in [0.3, 0.4) is 0 Å². The lowest BCUT2D eigenvalue weighted by atomic mass is 10.1. The zero-order valence-corrected chi connectivity index (χ0v) is 16.8. The highest BCUT2D eigenvalue weighted by atomic mass is 19.4. The predicted molar refractivity (Wildman–Crippen MR) is 109 cm³/mol. The maximum atomic E-state index is 13.0. The van der Waals surface area contributed by atoms with Gasteiger partial charge in [-0.15, -0.1) is 0 Å². The highest BCUT2D eigenvalue weighted by Crippen LogP contribution is 2.29. The lowest BCUT2D eigenvalue weighted by Crippen LogP contribution is -2.28. The first-order chi connectivity index (χ1) is 13.6. The second-order valence-corrected chi connectivity index (χ2v) is 7.27. The third kappa shape index (κ3) is 4.42. The van der Waals surface area contributed by atoms with Gasteiger partial charge in [-0.25, -0.2) is 4.98 Å². The maximum absolute atomic E-state index is 13.0. The number of fused-ring (bicyclic) bond motifs is 1. The monoisotopic (exact) mass is 404 g/mol. The SMILES string of the molecule is Cc1nc2cc(N(C)CCN(C)C)ccc2c(=O)n1-c1ccc(C(F)(F)F)cc1. The summed E-state index contributed by atoms with van der Waals surface area (Å²) in [5.74, 6) is 0.412. The van der Waals surface area contributed by atoms with Gasteiger partial charge in [-0.05, 0) is 63.5 Å². The van der Waals surface area contributed by atoms with Crippen LogP contribution >= 0.6 is 0 Å². The number of anilines is 1. The first kappa shape index (κ1) is 20.9. The number of benzene rings is 2. The third-order valence-corrected chi connectivity index (χ3v) is 4.80. The van der Waals surface area contributed by atoms with Crippen molar-refractivity contribution in [2.45, 2.75) is 13.1 Å². The quantitative estimate of drug-likeness (QED) is 0.650. The maximum Gasteiger partial charge on any atom is 0.416 e. The van der Waals surface area contributed by atoms with E-state index in [1.54, 1.807) is 13.0 Å². The summed E-state index contributed by atoms with van der Waals surface area (Å²) in [6, 6.07) is 9.93. The van der Waals surface area contributed by atoms with E-state index in [1.807, 2.05) is 33.3 Å². The number of rotatable bonds is 5. The Morgan fingerprint density at radius 1 is 1.00 bits per heavy atom. The molecule has 0 aliphatic carbocycles. The van der Waals surface area contributed by atoms with Crippen LogP contribution in [-0.2, 0) is 6.18 Å². The minimum absolute atomic E-state index is 0.310. The molecule has 0 fully saturated rings. The molecular formula is C21H23F3N4O. The van der Waals surface area contributed by atoms with Gasteiger partial charge in [0.15, 0.2) is 0 Å². The fraction of sp³-hybridized carbons (Fsp3) is 0.333. The summed E-state index contributed by atoms with van der Waals surface area (Å²) in [7, 11) is 5.98. The number of alkyl halides is 3. The van der Waals surface area contributed by atoms with Gasteiger partial charge in [0, 0.05) is 25.8 Å². The zero-order chi connectivity index (χ0) is 21.3. The van der Waals surface area contributed by atoms with Crippen LogP contribution in [0.2, 0.25) is 0 Å². The van der Waals surface area contributed by atoms with Crippen LogP contribution in [0.1, 0.15) is 11.4 Å². The number of hydrogen-bond acceptors (Lipinski definition) is 4. The first-order valence-electron chi connectivity index (χ1n) is 9.15. The van der Waals surface area contributed by atoms with Crippen molar-refractivity contribution >= 4 is 16.6 Å². The smallest absolute Gasteiger partial charge is 0.373 e. The first-order valence-corrected chi connectivity index (χ1v) is 9.15. The van der Waals surface area contributed by atoms with Crippen LogP contribution in [0, 0.1) is 6.92 Å². The van der Waals surface area contributed by atoms with Crippen molar-refractivity contribution in [3.63, 3.8) is 0 Å². The fourth-order valence-corrected chi connectivity index (χ4v) is 3.11. The Morgan fingerprint density at radius 2 is 1.66 bits per heavy atom. The van der Waals surface area contributed by atoms with Gasteiger partial charge in [0.05, 0.1) is 22.2 Å².